The fraction of sp³-hybridized carbons (Fsp3) is 0.881. The number of carbonyl (C=O) groups excluding carboxylic acids is 1. The molecule has 0 bridgehead atoms. The van der Waals surface area contributed by atoms with Gasteiger partial charge in [0.2, 0.25) is 5.91 Å². The minimum atomic E-state index is -0.836. The quantitative estimate of drug-likeness (QED) is 0.0464. The molecule has 0 aliphatic rings. The zero-order valence-electron chi connectivity index (χ0n) is 31.1. The molecule has 2 atom stereocenters. The molecule has 0 aromatic rings. The van der Waals surface area contributed by atoms with E-state index in [2.05, 4.69) is 31.3 Å². The number of amides is 1. The minimum absolute atomic E-state index is 0.0660. The molecule has 0 heterocycles. The van der Waals surface area contributed by atoms with Crippen LogP contribution in [0.3, 0.4) is 0 Å². The van der Waals surface area contributed by atoms with Crippen LogP contribution < -0.4 is 5.32 Å². The Hall–Kier alpha value is -1.13. The molecule has 0 aromatic carbocycles. The third-order valence-corrected chi connectivity index (χ3v) is 9.43. The lowest BCUT2D eigenvalue weighted by Gasteiger charge is -2.20. The Morgan fingerprint density at radius 3 is 1.20 bits per heavy atom. The number of hydrogen-bond acceptors (Lipinski definition) is 3. The van der Waals surface area contributed by atoms with Gasteiger partial charge in [-0.05, 0) is 44.9 Å². The first-order valence-corrected chi connectivity index (χ1v) is 20.6. The second-order valence-electron chi connectivity index (χ2n) is 14.1. The molecule has 4 heteroatoms. The number of rotatable bonds is 37. The predicted octanol–water partition coefficient (Wildman–Crippen LogP) is 12.5. The summed E-state index contributed by atoms with van der Waals surface area (Å²) in [5, 5.41) is 22.9. The topological polar surface area (TPSA) is 69.6 Å². The van der Waals surface area contributed by atoms with Crippen molar-refractivity contribution in [3.63, 3.8) is 0 Å². The molecule has 1 amide bonds. The molecule has 0 radical (unpaired) electrons. The van der Waals surface area contributed by atoms with Crippen LogP contribution in [0.2, 0.25) is 0 Å². The number of unbranched alkanes of at least 4 members (excludes halogenated alkanes) is 28. The number of aliphatic hydroxyl groups excluding tert-OH is 2. The van der Waals surface area contributed by atoms with Crippen molar-refractivity contribution in [2.75, 3.05) is 6.61 Å². The van der Waals surface area contributed by atoms with Crippen molar-refractivity contribution in [3.05, 3.63) is 24.3 Å². The van der Waals surface area contributed by atoms with Crippen LogP contribution in [0.15, 0.2) is 24.3 Å². The van der Waals surface area contributed by atoms with Crippen molar-refractivity contribution in [1.82, 2.24) is 5.32 Å². The van der Waals surface area contributed by atoms with E-state index in [1.807, 2.05) is 6.08 Å². The van der Waals surface area contributed by atoms with Crippen LogP contribution in [0, 0.1) is 0 Å². The molecular formula is C42H81NO3. The summed E-state index contributed by atoms with van der Waals surface area (Å²) < 4.78 is 0. The zero-order valence-corrected chi connectivity index (χ0v) is 31.1. The normalized spacial score (nSPS) is 13.2. The molecule has 46 heavy (non-hydrogen) atoms. The number of nitrogens with one attached hydrogen (secondary N) is 1. The Labute approximate surface area is 288 Å². The van der Waals surface area contributed by atoms with Crippen LogP contribution >= 0.6 is 0 Å². The highest BCUT2D eigenvalue weighted by molar-refractivity contribution is 5.76. The lowest BCUT2D eigenvalue weighted by Crippen LogP contribution is -2.45. The van der Waals surface area contributed by atoms with Crippen LogP contribution in [0.5, 0.6) is 0 Å². The average Bonchev–Trinajstić information content (AvgIpc) is 3.06. The van der Waals surface area contributed by atoms with Crippen molar-refractivity contribution >= 4 is 5.91 Å². The molecule has 0 unspecified atom stereocenters. The van der Waals surface area contributed by atoms with Gasteiger partial charge in [0.1, 0.15) is 0 Å². The van der Waals surface area contributed by atoms with E-state index in [0.717, 1.165) is 25.7 Å². The fourth-order valence-electron chi connectivity index (χ4n) is 6.23. The molecule has 0 fully saturated rings. The Morgan fingerprint density at radius 2 is 0.826 bits per heavy atom. The largest absolute Gasteiger partial charge is 0.394 e. The van der Waals surface area contributed by atoms with Gasteiger partial charge in [-0.15, -0.1) is 0 Å². The van der Waals surface area contributed by atoms with Gasteiger partial charge < -0.3 is 15.5 Å². The van der Waals surface area contributed by atoms with E-state index in [4.69, 9.17) is 0 Å². The molecule has 272 valence electrons. The Morgan fingerprint density at radius 1 is 0.500 bits per heavy atom. The van der Waals surface area contributed by atoms with Gasteiger partial charge in [-0.25, -0.2) is 0 Å². The summed E-state index contributed by atoms with van der Waals surface area (Å²) in [6.45, 7) is 4.30. The van der Waals surface area contributed by atoms with Crippen LogP contribution in [0.25, 0.3) is 0 Å². The molecule has 0 aliphatic carbocycles. The van der Waals surface area contributed by atoms with E-state index in [0.29, 0.717) is 6.42 Å². The summed E-state index contributed by atoms with van der Waals surface area (Å²) >= 11 is 0. The molecule has 4 nitrogen and oxygen atoms in total. The highest BCUT2D eigenvalue weighted by atomic mass is 16.3. The number of hydrogen-bond donors (Lipinski definition) is 3. The highest BCUT2D eigenvalue weighted by Crippen LogP contribution is 2.14. The molecule has 0 aromatic heterocycles. The van der Waals surface area contributed by atoms with E-state index in [1.54, 1.807) is 6.08 Å². The van der Waals surface area contributed by atoms with E-state index in [-0.39, 0.29) is 12.5 Å². The third-order valence-electron chi connectivity index (χ3n) is 9.43. The second-order valence-corrected chi connectivity index (χ2v) is 14.1. The maximum Gasteiger partial charge on any atom is 0.220 e. The van der Waals surface area contributed by atoms with Gasteiger partial charge >= 0.3 is 0 Å². The van der Waals surface area contributed by atoms with Gasteiger partial charge in [0, 0.05) is 6.42 Å². The van der Waals surface area contributed by atoms with Gasteiger partial charge in [-0.3, -0.25) is 4.79 Å². The SMILES string of the molecule is CCCCCCCCCC/C=C/CCCCCCCCCCCC(=O)N[C@@H](CO)[C@H](O)/C=C/CCCCCCCCCCCCC. The van der Waals surface area contributed by atoms with Crippen LogP contribution in [-0.4, -0.2) is 34.9 Å². The molecule has 0 rings (SSSR count). The van der Waals surface area contributed by atoms with Crippen molar-refractivity contribution in [2.45, 2.75) is 231 Å². The smallest absolute Gasteiger partial charge is 0.220 e. The van der Waals surface area contributed by atoms with E-state index < -0.39 is 12.1 Å². The predicted molar refractivity (Wildman–Crippen MR) is 202 cm³/mol. The van der Waals surface area contributed by atoms with Gasteiger partial charge in [-0.1, -0.05) is 192 Å². The summed E-state index contributed by atoms with van der Waals surface area (Å²) in [7, 11) is 0. The third kappa shape index (κ3) is 34.2. The van der Waals surface area contributed by atoms with Crippen molar-refractivity contribution in [1.29, 1.82) is 0 Å². The van der Waals surface area contributed by atoms with Crippen molar-refractivity contribution < 1.29 is 15.0 Å². The molecule has 0 aliphatic heterocycles. The van der Waals surface area contributed by atoms with Gasteiger partial charge in [0.15, 0.2) is 0 Å². The maximum absolute atomic E-state index is 12.3. The zero-order chi connectivity index (χ0) is 33.6. The highest BCUT2D eigenvalue weighted by Gasteiger charge is 2.17. The Kier molecular flexibility index (Phi) is 37.4. The molecule has 0 saturated heterocycles. The maximum atomic E-state index is 12.3. The van der Waals surface area contributed by atoms with E-state index in [1.165, 1.54) is 173 Å². The Bertz CT molecular complexity index is 661. The van der Waals surface area contributed by atoms with Gasteiger partial charge in [0.05, 0.1) is 18.8 Å². The minimum Gasteiger partial charge on any atom is -0.394 e. The van der Waals surface area contributed by atoms with Crippen molar-refractivity contribution in [3.8, 4) is 0 Å². The standard InChI is InChI=1S/C42H81NO3/c1-3-5-7-9-11-13-15-17-18-19-20-21-22-23-24-26-28-30-32-34-36-38-42(46)43-40(39-44)41(45)37-35-33-31-29-27-25-16-14-12-10-8-6-4-2/h19-20,35,37,40-41,44-45H,3-18,21-34,36,38-39H2,1-2H3,(H,43,46)/b20-19+,37-35+/t40-,41+/m0/s1. The summed E-state index contributed by atoms with van der Waals surface area (Å²) in [5.41, 5.74) is 0. The van der Waals surface area contributed by atoms with Crippen LogP contribution in [-0.2, 0) is 4.79 Å². The van der Waals surface area contributed by atoms with Crippen LogP contribution in [0.4, 0.5) is 0 Å². The lowest BCUT2D eigenvalue weighted by atomic mass is 10.0. The first kappa shape index (κ1) is 44.9. The fourth-order valence-corrected chi connectivity index (χ4v) is 6.23. The summed E-state index contributed by atoms with van der Waals surface area (Å²) in [5.74, 6) is -0.0660. The van der Waals surface area contributed by atoms with Gasteiger partial charge in [0.25, 0.3) is 0 Å². The summed E-state index contributed by atoms with van der Waals surface area (Å²) in [4.78, 5) is 12.3. The molecule has 3 N–H and O–H groups in total. The van der Waals surface area contributed by atoms with Gasteiger partial charge in [-0.2, -0.15) is 0 Å². The van der Waals surface area contributed by atoms with Crippen LogP contribution in [0.1, 0.15) is 219 Å². The van der Waals surface area contributed by atoms with Crippen molar-refractivity contribution in [2.24, 2.45) is 0 Å². The van der Waals surface area contributed by atoms with E-state index in [9.17, 15) is 15.0 Å². The number of aliphatic hydroxyl groups is 2. The summed E-state index contributed by atoms with van der Waals surface area (Å²) in [6.07, 6.45) is 48.4. The number of allylic oxidation sites excluding steroid dienone is 3. The summed E-state index contributed by atoms with van der Waals surface area (Å²) in [6, 6.07) is -0.619. The molecule has 0 spiro atoms. The second kappa shape index (κ2) is 38.3. The molecule has 0 saturated carbocycles. The molecular weight excluding hydrogens is 566 g/mol. The first-order valence-electron chi connectivity index (χ1n) is 20.6. The number of carbonyl (C=O) groups is 1. The Balaban J connectivity index is 3.56. The first-order chi connectivity index (χ1) is 22.7. The lowest BCUT2D eigenvalue weighted by molar-refractivity contribution is -0.123. The van der Waals surface area contributed by atoms with E-state index >= 15 is 0 Å². The average molecular weight is 648 g/mol. The monoisotopic (exact) mass is 648 g/mol.